The maximum Gasteiger partial charge on any atom is 0.130 e. The van der Waals surface area contributed by atoms with Crippen LogP contribution in [-0.2, 0) is 5.54 Å². The van der Waals surface area contributed by atoms with Crippen molar-refractivity contribution in [3.05, 3.63) is 64.6 Å². The molecule has 1 unspecified atom stereocenters. The number of benzene rings is 2. The molecule has 0 spiro atoms. The van der Waals surface area contributed by atoms with E-state index < -0.39 is 5.54 Å². The fraction of sp³-hybridized carbons (Fsp3) is 0.188. The van der Waals surface area contributed by atoms with Gasteiger partial charge in [-0.15, -0.1) is 11.8 Å². The van der Waals surface area contributed by atoms with E-state index in [1.165, 1.54) is 4.90 Å². The summed E-state index contributed by atoms with van der Waals surface area (Å²) in [4.78, 5) is 1.17. The van der Waals surface area contributed by atoms with Gasteiger partial charge in [-0.05, 0) is 40.0 Å². The van der Waals surface area contributed by atoms with Gasteiger partial charge in [0.15, 0.2) is 0 Å². The van der Waals surface area contributed by atoms with Gasteiger partial charge in [0.05, 0.1) is 6.07 Å². The van der Waals surface area contributed by atoms with Gasteiger partial charge in [0.25, 0.3) is 0 Å². The van der Waals surface area contributed by atoms with Crippen molar-refractivity contribution in [2.45, 2.75) is 16.9 Å². The zero-order valence-electron chi connectivity index (χ0n) is 10.9. The molecule has 0 aliphatic heterocycles. The molecule has 2 aromatic carbocycles. The molecule has 20 heavy (non-hydrogen) atoms. The first-order valence-electron chi connectivity index (χ1n) is 6.29. The molecule has 2 nitrogen and oxygen atoms in total. The molecule has 0 heterocycles. The second kappa shape index (κ2) is 6.94. The Morgan fingerprint density at radius 2 is 1.75 bits per heavy atom. The van der Waals surface area contributed by atoms with E-state index in [2.05, 4.69) is 28.1 Å². The minimum Gasteiger partial charge on any atom is -0.310 e. The lowest BCUT2D eigenvalue weighted by molar-refractivity contribution is 0.560. The molecule has 0 aliphatic carbocycles. The summed E-state index contributed by atoms with van der Waals surface area (Å²) < 4.78 is 1.07. The van der Waals surface area contributed by atoms with Crippen LogP contribution in [0.15, 0.2) is 64.0 Å². The molecule has 2 rings (SSSR count). The van der Waals surface area contributed by atoms with Crippen molar-refractivity contribution < 1.29 is 0 Å². The van der Waals surface area contributed by atoms with Gasteiger partial charge in [0, 0.05) is 15.1 Å². The predicted octanol–water partition coefficient (Wildman–Crippen LogP) is 4.31. The summed E-state index contributed by atoms with van der Waals surface area (Å²) in [5, 5.41) is 9.40. The van der Waals surface area contributed by atoms with Gasteiger partial charge < -0.3 is 5.73 Å². The van der Waals surface area contributed by atoms with Crippen LogP contribution in [0, 0.1) is 11.3 Å². The maximum atomic E-state index is 9.40. The largest absolute Gasteiger partial charge is 0.310 e. The van der Waals surface area contributed by atoms with Gasteiger partial charge in [-0.2, -0.15) is 5.26 Å². The average Bonchev–Trinajstić information content (AvgIpc) is 2.50. The molecule has 0 saturated carbocycles. The van der Waals surface area contributed by atoms with Crippen LogP contribution < -0.4 is 5.73 Å². The molecule has 0 radical (unpaired) electrons. The quantitative estimate of drug-likeness (QED) is 0.820. The molecule has 0 aliphatic rings. The topological polar surface area (TPSA) is 49.8 Å². The van der Waals surface area contributed by atoms with Crippen molar-refractivity contribution in [3.8, 4) is 6.07 Å². The zero-order valence-corrected chi connectivity index (χ0v) is 13.3. The number of thioether (sulfide) groups is 1. The molecule has 0 saturated heterocycles. The molecular weight excluding hydrogens is 332 g/mol. The first kappa shape index (κ1) is 15.1. The molecule has 0 aromatic heterocycles. The molecular formula is C16H15BrN2S. The first-order chi connectivity index (χ1) is 9.65. The molecule has 102 valence electrons. The standard InChI is InChI=1S/C16H15BrN2S/c17-14-8-4-5-9-15(14)20-11-10-16(19,12-18)13-6-2-1-3-7-13/h1-9H,10-11,19H2. The highest BCUT2D eigenvalue weighted by Crippen LogP contribution is 2.30. The Balaban J connectivity index is 2.02. The lowest BCUT2D eigenvalue weighted by Gasteiger charge is -2.21. The summed E-state index contributed by atoms with van der Waals surface area (Å²) in [6.07, 6.45) is 0.611. The maximum absolute atomic E-state index is 9.40. The fourth-order valence-corrected chi connectivity index (χ4v) is 3.54. The van der Waals surface area contributed by atoms with Crippen LogP contribution in [0.4, 0.5) is 0 Å². The van der Waals surface area contributed by atoms with Crippen LogP contribution in [-0.4, -0.2) is 5.75 Å². The Bertz CT molecular complexity index is 609. The highest BCUT2D eigenvalue weighted by molar-refractivity contribution is 9.10. The van der Waals surface area contributed by atoms with Crippen LogP contribution in [0.1, 0.15) is 12.0 Å². The van der Waals surface area contributed by atoms with E-state index in [1.54, 1.807) is 11.8 Å². The van der Waals surface area contributed by atoms with Crippen LogP contribution >= 0.6 is 27.7 Å². The number of nitrogens with zero attached hydrogens (tertiary/aromatic N) is 1. The summed E-state index contributed by atoms with van der Waals surface area (Å²) in [7, 11) is 0. The number of halogens is 1. The third kappa shape index (κ3) is 3.63. The Kier molecular flexibility index (Phi) is 5.24. The fourth-order valence-electron chi connectivity index (χ4n) is 1.88. The van der Waals surface area contributed by atoms with Crippen molar-refractivity contribution in [3.63, 3.8) is 0 Å². The molecule has 0 amide bonds. The summed E-state index contributed by atoms with van der Waals surface area (Å²) in [6, 6.07) is 19.9. The highest BCUT2D eigenvalue weighted by atomic mass is 79.9. The smallest absolute Gasteiger partial charge is 0.130 e. The van der Waals surface area contributed by atoms with Gasteiger partial charge in [-0.25, -0.2) is 0 Å². The number of hydrogen-bond donors (Lipinski definition) is 1. The first-order valence-corrected chi connectivity index (χ1v) is 8.06. The van der Waals surface area contributed by atoms with E-state index in [4.69, 9.17) is 5.73 Å². The van der Waals surface area contributed by atoms with Crippen LogP contribution in [0.3, 0.4) is 0 Å². The average molecular weight is 347 g/mol. The molecule has 2 aromatic rings. The Morgan fingerprint density at radius 3 is 2.40 bits per heavy atom. The van der Waals surface area contributed by atoms with E-state index in [0.29, 0.717) is 6.42 Å². The molecule has 4 heteroatoms. The van der Waals surface area contributed by atoms with Crippen molar-refractivity contribution in [1.29, 1.82) is 5.26 Å². The summed E-state index contributed by atoms with van der Waals surface area (Å²) in [5.41, 5.74) is 6.18. The summed E-state index contributed by atoms with van der Waals surface area (Å²) >= 11 is 5.23. The second-order valence-corrected chi connectivity index (χ2v) is 6.47. The number of nitriles is 1. The van der Waals surface area contributed by atoms with E-state index in [0.717, 1.165) is 15.8 Å². The lowest BCUT2D eigenvalue weighted by atomic mass is 9.90. The van der Waals surface area contributed by atoms with E-state index >= 15 is 0 Å². The zero-order chi connectivity index (χ0) is 14.4. The predicted molar refractivity (Wildman–Crippen MR) is 87.4 cm³/mol. The van der Waals surface area contributed by atoms with Gasteiger partial charge >= 0.3 is 0 Å². The number of hydrogen-bond acceptors (Lipinski definition) is 3. The van der Waals surface area contributed by atoms with Crippen molar-refractivity contribution in [1.82, 2.24) is 0 Å². The molecule has 2 N–H and O–H groups in total. The van der Waals surface area contributed by atoms with Gasteiger partial charge in [0.2, 0.25) is 0 Å². The summed E-state index contributed by atoms with van der Waals surface area (Å²) in [6.45, 7) is 0. The third-order valence-corrected chi connectivity index (χ3v) is 5.11. The minimum atomic E-state index is -0.921. The van der Waals surface area contributed by atoms with Crippen molar-refractivity contribution in [2.75, 3.05) is 5.75 Å². The number of nitrogens with two attached hydrogens (primary N) is 1. The van der Waals surface area contributed by atoms with Crippen LogP contribution in [0.2, 0.25) is 0 Å². The monoisotopic (exact) mass is 346 g/mol. The number of rotatable bonds is 5. The van der Waals surface area contributed by atoms with E-state index in [9.17, 15) is 5.26 Å². The minimum absolute atomic E-state index is 0.611. The molecule has 0 fully saturated rings. The van der Waals surface area contributed by atoms with Crippen LogP contribution in [0.25, 0.3) is 0 Å². The van der Waals surface area contributed by atoms with Gasteiger partial charge in [-0.1, -0.05) is 42.5 Å². The Morgan fingerprint density at radius 1 is 1.10 bits per heavy atom. The lowest BCUT2D eigenvalue weighted by Crippen LogP contribution is -2.35. The third-order valence-electron chi connectivity index (χ3n) is 3.08. The van der Waals surface area contributed by atoms with Crippen molar-refractivity contribution in [2.24, 2.45) is 5.73 Å². The van der Waals surface area contributed by atoms with E-state index in [-0.39, 0.29) is 0 Å². The normalized spacial score (nSPS) is 13.4. The molecule has 0 bridgehead atoms. The van der Waals surface area contributed by atoms with E-state index in [1.807, 2.05) is 48.5 Å². The second-order valence-electron chi connectivity index (χ2n) is 4.48. The van der Waals surface area contributed by atoms with Gasteiger partial charge in [0.1, 0.15) is 5.54 Å². The van der Waals surface area contributed by atoms with Crippen molar-refractivity contribution >= 4 is 27.7 Å². The Labute approximate surface area is 132 Å². The SMILES string of the molecule is N#CC(N)(CCSc1ccccc1Br)c1ccccc1. The molecule has 1 atom stereocenters. The van der Waals surface area contributed by atoms with Gasteiger partial charge in [-0.3, -0.25) is 0 Å². The highest BCUT2D eigenvalue weighted by Gasteiger charge is 2.26. The Hall–Kier alpha value is -1.28. The summed E-state index contributed by atoms with van der Waals surface area (Å²) in [5.74, 6) is 0.793. The van der Waals surface area contributed by atoms with Crippen LogP contribution in [0.5, 0.6) is 0 Å².